The van der Waals surface area contributed by atoms with Crippen LogP contribution in [0.5, 0.6) is 0 Å². The number of nitrogens with one attached hydrogen (secondary N) is 1. The van der Waals surface area contributed by atoms with Gasteiger partial charge in [-0.05, 0) is 62.1 Å². The molecule has 1 amide bonds. The molecule has 6 heteroatoms. The topological polar surface area (TPSA) is 81.2 Å². The SMILES string of the molecule is CC[C@@H](C)c1ccc(NC(=O)COC(=O)c2ccc3nc(C)c(C)nc3c2)cc1. The second-order valence-electron chi connectivity index (χ2n) is 7.15. The molecule has 1 N–H and O–H groups in total. The lowest BCUT2D eigenvalue weighted by molar-refractivity contribution is -0.119. The highest BCUT2D eigenvalue weighted by Crippen LogP contribution is 2.20. The smallest absolute Gasteiger partial charge is 0.338 e. The van der Waals surface area contributed by atoms with E-state index >= 15 is 0 Å². The molecule has 0 fully saturated rings. The Morgan fingerprint density at radius 3 is 2.31 bits per heavy atom. The van der Waals surface area contributed by atoms with Gasteiger partial charge < -0.3 is 10.1 Å². The molecule has 150 valence electrons. The third-order valence-electron chi connectivity index (χ3n) is 5.02. The Morgan fingerprint density at radius 1 is 1.00 bits per heavy atom. The molecule has 2 aromatic carbocycles. The van der Waals surface area contributed by atoms with E-state index in [0.717, 1.165) is 17.8 Å². The molecular formula is C23H25N3O3. The minimum absolute atomic E-state index is 0.334. The molecule has 1 atom stereocenters. The van der Waals surface area contributed by atoms with E-state index in [2.05, 4.69) is 29.1 Å². The van der Waals surface area contributed by atoms with Gasteiger partial charge in [0.15, 0.2) is 6.61 Å². The van der Waals surface area contributed by atoms with E-state index in [0.29, 0.717) is 28.2 Å². The third-order valence-corrected chi connectivity index (χ3v) is 5.02. The summed E-state index contributed by atoms with van der Waals surface area (Å²) in [5.74, 6) is -0.490. The van der Waals surface area contributed by atoms with Crippen LogP contribution in [0.15, 0.2) is 42.5 Å². The third kappa shape index (κ3) is 4.96. The van der Waals surface area contributed by atoms with Crippen molar-refractivity contribution >= 4 is 28.6 Å². The number of esters is 1. The predicted octanol–water partition coefficient (Wildman–Crippen LogP) is 4.56. The Hall–Kier alpha value is -3.28. The molecule has 1 aromatic heterocycles. The minimum atomic E-state index is -0.575. The minimum Gasteiger partial charge on any atom is -0.452 e. The number of hydrogen-bond donors (Lipinski definition) is 1. The van der Waals surface area contributed by atoms with Gasteiger partial charge in [0.05, 0.1) is 28.0 Å². The summed E-state index contributed by atoms with van der Waals surface area (Å²) in [5.41, 5.74) is 5.22. The van der Waals surface area contributed by atoms with Gasteiger partial charge in [0.2, 0.25) is 0 Å². The summed E-state index contributed by atoms with van der Waals surface area (Å²) < 4.78 is 5.15. The molecule has 1 heterocycles. The molecule has 3 rings (SSSR count). The quantitative estimate of drug-likeness (QED) is 0.623. The Kier molecular flexibility index (Phi) is 6.22. The summed E-state index contributed by atoms with van der Waals surface area (Å²) in [4.78, 5) is 33.3. The van der Waals surface area contributed by atoms with Crippen LogP contribution in [0.1, 0.15) is 53.5 Å². The zero-order valence-corrected chi connectivity index (χ0v) is 17.2. The lowest BCUT2D eigenvalue weighted by Gasteiger charge is -2.11. The van der Waals surface area contributed by atoms with Gasteiger partial charge in [-0.3, -0.25) is 4.79 Å². The van der Waals surface area contributed by atoms with Crippen molar-refractivity contribution in [1.29, 1.82) is 0 Å². The number of nitrogens with zero attached hydrogens (tertiary/aromatic N) is 2. The highest BCUT2D eigenvalue weighted by Gasteiger charge is 2.13. The molecule has 0 saturated carbocycles. The normalized spacial score (nSPS) is 11.9. The van der Waals surface area contributed by atoms with E-state index in [9.17, 15) is 9.59 Å². The number of aryl methyl sites for hydroxylation is 2. The predicted molar refractivity (Wildman–Crippen MR) is 113 cm³/mol. The first-order chi connectivity index (χ1) is 13.9. The summed E-state index contributed by atoms with van der Waals surface area (Å²) >= 11 is 0. The average molecular weight is 391 g/mol. The fourth-order valence-corrected chi connectivity index (χ4v) is 2.90. The van der Waals surface area contributed by atoms with Gasteiger partial charge in [-0.15, -0.1) is 0 Å². The van der Waals surface area contributed by atoms with Crippen molar-refractivity contribution in [1.82, 2.24) is 9.97 Å². The molecule has 0 aliphatic heterocycles. The maximum atomic E-state index is 12.3. The van der Waals surface area contributed by atoms with E-state index in [1.54, 1.807) is 18.2 Å². The molecule has 0 spiro atoms. The fourth-order valence-electron chi connectivity index (χ4n) is 2.90. The van der Waals surface area contributed by atoms with Gasteiger partial charge in [-0.1, -0.05) is 26.0 Å². The van der Waals surface area contributed by atoms with Crippen molar-refractivity contribution in [3.05, 3.63) is 65.0 Å². The first-order valence-electron chi connectivity index (χ1n) is 9.69. The van der Waals surface area contributed by atoms with Crippen LogP contribution in [-0.4, -0.2) is 28.5 Å². The van der Waals surface area contributed by atoms with Gasteiger partial charge in [-0.25, -0.2) is 14.8 Å². The van der Waals surface area contributed by atoms with Gasteiger partial charge in [0.1, 0.15) is 0 Å². The molecule has 3 aromatic rings. The summed E-state index contributed by atoms with van der Waals surface area (Å²) in [7, 11) is 0. The Morgan fingerprint density at radius 2 is 1.66 bits per heavy atom. The second-order valence-corrected chi connectivity index (χ2v) is 7.15. The van der Waals surface area contributed by atoms with E-state index in [4.69, 9.17) is 4.74 Å². The van der Waals surface area contributed by atoms with Crippen molar-refractivity contribution in [3.8, 4) is 0 Å². The van der Waals surface area contributed by atoms with Crippen molar-refractivity contribution in [2.24, 2.45) is 0 Å². The van der Waals surface area contributed by atoms with Gasteiger partial charge in [0, 0.05) is 5.69 Å². The average Bonchev–Trinajstić information content (AvgIpc) is 2.72. The van der Waals surface area contributed by atoms with Crippen LogP contribution in [0.4, 0.5) is 5.69 Å². The van der Waals surface area contributed by atoms with Gasteiger partial charge in [0.25, 0.3) is 5.91 Å². The second kappa shape index (κ2) is 8.82. The number of rotatable bonds is 6. The van der Waals surface area contributed by atoms with Crippen LogP contribution in [0, 0.1) is 13.8 Å². The van der Waals surface area contributed by atoms with Crippen LogP contribution in [0.2, 0.25) is 0 Å². The van der Waals surface area contributed by atoms with E-state index in [-0.39, 0.29) is 12.5 Å². The number of benzene rings is 2. The molecule has 6 nitrogen and oxygen atoms in total. The zero-order chi connectivity index (χ0) is 21.0. The van der Waals surface area contributed by atoms with Crippen LogP contribution in [0.3, 0.4) is 0 Å². The number of fused-ring (bicyclic) bond motifs is 1. The lowest BCUT2D eigenvalue weighted by Crippen LogP contribution is -2.21. The first-order valence-corrected chi connectivity index (χ1v) is 9.69. The number of hydrogen-bond acceptors (Lipinski definition) is 5. The first kappa shape index (κ1) is 20.5. The van der Waals surface area contributed by atoms with E-state index in [1.165, 1.54) is 5.56 Å². The van der Waals surface area contributed by atoms with Crippen molar-refractivity contribution < 1.29 is 14.3 Å². The van der Waals surface area contributed by atoms with Gasteiger partial charge >= 0.3 is 5.97 Å². The highest BCUT2D eigenvalue weighted by molar-refractivity contribution is 5.97. The number of ether oxygens (including phenoxy) is 1. The van der Waals surface area contributed by atoms with Crippen LogP contribution >= 0.6 is 0 Å². The van der Waals surface area contributed by atoms with Gasteiger partial charge in [-0.2, -0.15) is 0 Å². The molecule has 29 heavy (non-hydrogen) atoms. The number of anilines is 1. The molecule has 0 saturated heterocycles. The summed E-state index contributed by atoms with van der Waals surface area (Å²) in [6.45, 7) is 7.70. The monoisotopic (exact) mass is 391 g/mol. The number of carbonyl (C=O) groups excluding carboxylic acids is 2. The maximum absolute atomic E-state index is 12.3. The van der Waals surface area contributed by atoms with E-state index < -0.39 is 5.97 Å². The largest absolute Gasteiger partial charge is 0.452 e. The summed E-state index contributed by atoms with van der Waals surface area (Å²) in [5, 5.41) is 2.74. The standard InChI is InChI=1S/C23H25N3O3/c1-5-14(2)17-6-9-19(10-7-17)26-22(27)13-29-23(28)18-8-11-20-21(12-18)25-16(4)15(3)24-20/h6-12,14H,5,13H2,1-4H3,(H,26,27)/t14-/m1/s1. The number of amides is 1. The Balaban J connectivity index is 1.59. The number of carbonyl (C=O) groups is 2. The molecular weight excluding hydrogens is 366 g/mol. The lowest BCUT2D eigenvalue weighted by atomic mass is 9.99. The summed E-state index contributed by atoms with van der Waals surface area (Å²) in [6.07, 6.45) is 1.06. The zero-order valence-electron chi connectivity index (χ0n) is 17.2. The fraction of sp³-hybridized carbons (Fsp3) is 0.304. The van der Waals surface area contributed by atoms with Crippen LogP contribution in [-0.2, 0) is 9.53 Å². The van der Waals surface area contributed by atoms with Crippen LogP contribution in [0.25, 0.3) is 11.0 Å². The molecule has 0 aliphatic rings. The van der Waals surface area contributed by atoms with E-state index in [1.807, 2.05) is 38.1 Å². The maximum Gasteiger partial charge on any atom is 0.338 e. The molecule has 0 unspecified atom stereocenters. The van der Waals surface area contributed by atoms with Crippen LogP contribution < -0.4 is 5.32 Å². The molecule has 0 bridgehead atoms. The Bertz CT molecular complexity index is 1050. The highest BCUT2D eigenvalue weighted by atomic mass is 16.5. The number of aromatic nitrogens is 2. The van der Waals surface area contributed by atoms with Crippen molar-refractivity contribution in [3.63, 3.8) is 0 Å². The van der Waals surface area contributed by atoms with Crippen molar-refractivity contribution in [2.45, 2.75) is 40.0 Å². The molecule has 0 radical (unpaired) electrons. The Labute approximate surface area is 170 Å². The van der Waals surface area contributed by atoms with Crippen molar-refractivity contribution in [2.75, 3.05) is 11.9 Å². The summed E-state index contributed by atoms with van der Waals surface area (Å²) in [6, 6.07) is 12.7. The molecule has 0 aliphatic carbocycles.